The van der Waals surface area contributed by atoms with Crippen LogP contribution in [-0.4, -0.2) is 16.5 Å². The molecule has 0 amide bonds. The minimum Gasteiger partial charge on any atom is -0.399 e. The lowest BCUT2D eigenvalue weighted by molar-refractivity contribution is 0.752. The second-order valence-corrected chi connectivity index (χ2v) is 4.23. The predicted octanol–water partition coefficient (Wildman–Crippen LogP) is 2.48. The van der Waals surface area contributed by atoms with Crippen LogP contribution in [0, 0.1) is 0 Å². The number of nitrogen functional groups attached to an aromatic ring is 1. The van der Waals surface area contributed by atoms with E-state index in [1.807, 2.05) is 18.2 Å². The Morgan fingerprint density at radius 2 is 2.17 bits per heavy atom. The summed E-state index contributed by atoms with van der Waals surface area (Å²) in [6.45, 7) is 3.91. The third kappa shape index (κ3) is 3.20. The predicted molar refractivity (Wildman–Crippen MR) is 74.2 cm³/mol. The van der Waals surface area contributed by atoms with Gasteiger partial charge in [-0.2, -0.15) is 0 Å². The lowest BCUT2D eigenvalue weighted by atomic mass is 10.2. The maximum Gasteiger partial charge on any atom is 0.147 e. The van der Waals surface area contributed by atoms with Crippen LogP contribution in [0.4, 0.5) is 11.5 Å². The summed E-state index contributed by atoms with van der Waals surface area (Å²) in [6.07, 6.45) is 6.27. The van der Waals surface area contributed by atoms with Gasteiger partial charge in [-0.1, -0.05) is 19.1 Å². The fourth-order valence-corrected chi connectivity index (χ4v) is 1.91. The number of nitrogens with two attached hydrogens (primary N) is 1. The smallest absolute Gasteiger partial charge is 0.147 e. The maximum atomic E-state index is 5.80. The van der Waals surface area contributed by atoms with Gasteiger partial charge in [-0.25, -0.2) is 4.98 Å². The first-order valence-corrected chi connectivity index (χ1v) is 6.15. The van der Waals surface area contributed by atoms with E-state index in [0.29, 0.717) is 0 Å². The number of nitrogens with zero attached hydrogens (tertiary/aromatic N) is 3. The molecule has 0 spiro atoms. The lowest BCUT2D eigenvalue weighted by Gasteiger charge is -2.22. The molecule has 0 saturated carbocycles. The molecule has 2 rings (SSSR count). The zero-order valence-corrected chi connectivity index (χ0v) is 10.6. The van der Waals surface area contributed by atoms with Gasteiger partial charge in [0.15, 0.2) is 0 Å². The van der Waals surface area contributed by atoms with Crippen LogP contribution in [0.15, 0.2) is 42.9 Å². The fraction of sp³-hybridized carbons (Fsp3) is 0.286. The van der Waals surface area contributed by atoms with E-state index in [1.54, 1.807) is 18.6 Å². The molecule has 0 unspecified atom stereocenters. The van der Waals surface area contributed by atoms with Crippen molar-refractivity contribution >= 4 is 11.5 Å². The molecule has 0 saturated heterocycles. The molecule has 4 nitrogen and oxygen atoms in total. The third-order valence-corrected chi connectivity index (χ3v) is 2.69. The van der Waals surface area contributed by atoms with Crippen molar-refractivity contribution in [1.29, 1.82) is 0 Å². The first kappa shape index (κ1) is 12.4. The summed E-state index contributed by atoms with van der Waals surface area (Å²) < 4.78 is 0. The van der Waals surface area contributed by atoms with E-state index in [4.69, 9.17) is 5.73 Å². The van der Waals surface area contributed by atoms with Gasteiger partial charge in [0.05, 0.1) is 6.20 Å². The second-order valence-electron chi connectivity index (χ2n) is 4.23. The van der Waals surface area contributed by atoms with Crippen molar-refractivity contribution in [2.75, 3.05) is 17.2 Å². The minimum atomic E-state index is 0.795. The summed E-state index contributed by atoms with van der Waals surface area (Å²) in [7, 11) is 0. The van der Waals surface area contributed by atoms with Crippen LogP contribution in [0.5, 0.6) is 0 Å². The Hall–Kier alpha value is -2.10. The van der Waals surface area contributed by atoms with Gasteiger partial charge in [0.25, 0.3) is 0 Å². The molecule has 0 aliphatic heterocycles. The first-order valence-electron chi connectivity index (χ1n) is 6.15. The van der Waals surface area contributed by atoms with Crippen molar-refractivity contribution in [2.24, 2.45) is 0 Å². The van der Waals surface area contributed by atoms with E-state index in [2.05, 4.69) is 27.9 Å². The number of rotatable bonds is 5. The number of hydrogen-bond donors (Lipinski definition) is 1. The Bertz CT molecular complexity index is 484. The molecule has 1 heterocycles. The summed E-state index contributed by atoms with van der Waals surface area (Å²) in [5.41, 5.74) is 7.78. The van der Waals surface area contributed by atoms with Gasteiger partial charge in [-0.05, 0) is 24.1 Å². The second kappa shape index (κ2) is 6.00. The topological polar surface area (TPSA) is 55.0 Å². The molecular weight excluding hydrogens is 224 g/mol. The minimum absolute atomic E-state index is 0.795. The standard InChI is InChI=1S/C14H18N4/c1-2-8-18(14-10-16-6-7-17-14)11-12-4-3-5-13(15)9-12/h3-7,9-10H,2,8,11,15H2,1H3. The highest BCUT2D eigenvalue weighted by molar-refractivity contribution is 5.43. The van der Waals surface area contributed by atoms with Crippen molar-refractivity contribution < 1.29 is 0 Å². The monoisotopic (exact) mass is 242 g/mol. The van der Waals surface area contributed by atoms with Crippen molar-refractivity contribution in [1.82, 2.24) is 9.97 Å². The Balaban J connectivity index is 2.16. The zero-order chi connectivity index (χ0) is 12.8. The Kier molecular flexibility index (Phi) is 4.12. The van der Waals surface area contributed by atoms with E-state index in [1.165, 1.54) is 5.56 Å². The van der Waals surface area contributed by atoms with Gasteiger partial charge in [-0.15, -0.1) is 0 Å². The average molecular weight is 242 g/mol. The van der Waals surface area contributed by atoms with Crippen LogP contribution in [-0.2, 0) is 6.54 Å². The van der Waals surface area contributed by atoms with E-state index in [0.717, 1.165) is 31.0 Å². The van der Waals surface area contributed by atoms with Crippen molar-refractivity contribution in [3.8, 4) is 0 Å². The van der Waals surface area contributed by atoms with Gasteiger partial charge in [0, 0.05) is 31.2 Å². The van der Waals surface area contributed by atoms with Crippen LogP contribution in [0.1, 0.15) is 18.9 Å². The van der Waals surface area contributed by atoms with E-state index in [-0.39, 0.29) is 0 Å². The summed E-state index contributed by atoms with van der Waals surface area (Å²) in [4.78, 5) is 10.7. The lowest BCUT2D eigenvalue weighted by Crippen LogP contribution is -2.24. The molecule has 94 valence electrons. The SMILES string of the molecule is CCCN(Cc1cccc(N)c1)c1cnccn1. The maximum absolute atomic E-state index is 5.80. The van der Waals surface area contributed by atoms with Gasteiger partial charge in [0.1, 0.15) is 5.82 Å². The number of benzene rings is 1. The molecule has 18 heavy (non-hydrogen) atoms. The van der Waals surface area contributed by atoms with Gasteiger partial charge >= 0.3 is 0 Å². The normalized spacial score (nSPS) is 10.3. The molecule has 0 atom stereocenters. The zero-order valence-electron chi connectivity index (χ0n) is 10.6. The molecule has 0 fully saturated rings. The highest BCUT2D eigenvalue weighted by Crippen LogP contribution is 2.15. The molecule has 1 aromatic carbocycles. The molecule has 0 radical (unpaired) electrons. The van der Waals surface area contributed by atoms with Gasteiger partial charge in [-0.3, -0.25) is 4.98 Å². The summed E-state index contributed by atoms with van der Waals surface area (Å²) in [5, 5.41) is 0. The number of anilines is 2. The molecule has 0 aliphatic carbocycles. The molecule has 4 heteroatoms. The Morgan fingerprint density at radius 1 is 1.28 bits per heavy atom. The highest BCUT2D eigenvalue weighted by atomic mass is 15.2. The summed E-state index contributed by atoms with van der Waals surface area (Å²) in [5.74, 6) is 0.904. The van der Waals surface area contributed by atoms with Crippen molar-refractivity contribution in [3.63, 3.8) is 0 Å². The third-order valence-electron chi connectivity index (χ3n) is 2.69. The Morgan fingerprint density at radius 3 is 2.83 bits per heavy atom. The Labute approximate surface area is 107 Å². The van der Waals surface area contributed by atoms with Crippen molar-refractivity contribution in [2.45, 2.75) is 19.9 Å². The average Bonchev–Trinajstić information content (AvgIpc) is 2.39. The van der Waals surface area contributed by atoms with Crippen LogP contribution in [0.2, 0.25) is 0 Å². The molecule has 0 aliphatic rings. The summed E-state index contributed by atoms with van der Waals surface area (Å²) in [6, 6.07) is 7.95. The number of aromatic nitrogens is 2. The quantitative estimate of drug-likeness (QED) is 0.818. The molecule has 2 aromatic rings. The van der Waals surface area contributed by atoms with Crippen LogP contribution in [0.25, 0.3) is 0 Å². The van der Waals surface area contributed by atoms with Crippen LogP contribution in [0.3, 0.4) is 0 Å². The summed E-state index contributed by atoms with van der Waals surface area (Å²) >= 11 is 0. The van der Waals surface area contributed by atoms with Gasteiger partial charge in [0.2, 0.25) is 0 Å². The largest absolute Gasteiger partial charge is 0.399 e. The first-order chi connectivity index (χ1) is 8.79. The molecule has 0 bridgehead atoms. The fourth-order valence-electron chi connectivity index (χ4n) is 1.91. The molecular formula is C14H18N4. The number of hydrogen-bond acceptors (Lipinski definition) is 4. The van der Waals surface area contributed by atoms with E-state index < -0.39 is 0 Å². The van der Waals surface area contributed by atoms with E-state index in [9.17, 15) is 0 Å². The van der Waals surface area contributed by atoms with Crippen molar-refractivity contribution in [3.05, 3.63) is 48.4 Å². The van der Waals surface area contributed by atoms with E-state index >= 15 is 0 Å². The van der Waals surface area contributed by atoms with Gasteiger partial charge < -0.3 is 10.6 Å². The molecule has 2 N–H and O–H groups in total. The highest BCUT2D eigenvalue weighted by Gasteiger charge is 2.07. The van der Waals surface area contributed by atoms with Crippen LogP contribution >= 0.6 is 0 Å². The van der Waals surface area contributed by atoms with Crippen LogP contribution < -0.4 is 10.6 Å². The molecule has 1 aromatic heterocycles.